The number of ether oxygens (including phenoxy) is 1. The van der Waals surface area contributed by atoms with E-state index in [1.54, 1.807) is 20.0 Å². The third kappa shape index (κ3) is 4.39. The minimum atomic E-state index is -1.06. The molecule has 0 aromatic carbocycles. The molecular formula is C22H28ClN5O3. The van der Waals surface area contributed by atoms with E-state index in [2.05, 4.69) is 34.1 Å². The zero-order chi connectivity index (χ0) is 22.3. The fraction of sp³-hybridized carbons (Fsp3) is 0.500. The predicted molar refractivity (Wildman–Crippen MR) is 119 cm³/mol. The molecule has 2 atom stereocenters. The Morgan fingerprint density at radius 1 is 1.29 bits per heavy atom. The molecule has 3 N–H and O–H groups in total. The summed E-state index contributed by atoms with van der Waals surface area (Å²) in [5.41, 5.74) is 2.67. The number of anilines is 1. The highest BCUT2D eigenvalue weighted by atomic mass is 35.5. The van der Waals surface area contributed by atoms with Crippen LogP contribution < -0.4 is 5.32 Å². The van der Waals surface area contributed by atoms with Crippen LogP contribution in [0.1, 0.15) is 51.4 Å². The lowest BCUT2D eigenvalue weighted by atomic mass is 9.98. The molecule has 3 aromatic rings. The monoisotopic (exact) mass is 445 g/mol. The lowest BCUT2D eigenvalue weighted by molar-refractivity contribution is -0.0136. The third-order valence-electron chi connectivity index (χ3n) is 5.44. The molecule has 1 saturated heterocycles. The van der Waals surface area contributed by atoms with E-state index >= 15 is 0 Å². The number of aromatic nitrogens is 4. The fourth-order valence-electron chi connectivity index (χ4n) is 3.90. The van der Waals surface area contributed by atoms with Crippen molar-refractivity contribution in [3.8, 4) is 11.3 Å². The molecule has 0 radical (unpaired) electrons. The van der Waals surface area contributed by atoms with Crippen molar-refractivity contribution in [3.05, 3.63) is 40.9 Å². The van der Waals surface area contributed by atoms with E-state index in [-0.39, 0.29) is 18.6 Å². The van der Waals surface area contributed by atoms with Crippen molar-refractivity contribution in [2.45, 2.75) is 57.8 Å². The minimum absolute atomic E-state index is 0.153. The summed E-state index contributed by atoms with van der Waals surface area (Å²) in [6, 6.07) is 3.62. The first-order chi connectivity index (χ1) is 14.6. The standard InChI is InChI=1S/C22H28ClN5O3/c1-12(2)19-20(22(3,4)30)26-17-6-5-13(10-28(17)19)18-14(23)9-24-21(27-18)25-15-7-8-31-11-16(15)29/h5-6,9-10,12,15-16,29-30H,7-8,11H2,1-4H3,(H,24,25,27)/t15-,16-/m1/s1. The van der Waals surface area contributed by atoms with Gasteiger partial charge in [0.15, 0.2) is 0 Å². The number of hydrogen-bond donors (Lipinski definition) is 3. The van der Waals surface area contributed by atoms with Crippen LogP contribution in [0.15, 0.2) is 24.5 Å². The number of hydrogen-bond acceptors (Lipinski definition) is 7. The Labute approximate surface area is 186 Å². The second kappa shape index (κ2) is 8.35. The molecule has 1 aliphatic heterocycles. The molecule has 0 aliphatic carbocycles. The number of imidazole rings is 1. The van der Waals surface area contributed by atoms with Gasteiger partial charge in [-0.2, -0.15) is 0 Å². The number of nitrogens with one attached hydrogen (secondary N) is 1. The first-order valence-corrected chi connectivity index (χ1v) is 10.8. The Kier molecular flexibility index (Phi) is 5.91. The number of fused-ring (bicyclic) bond motifs is 1. The lowest BCUT2D eigenvalue weighted by Crippen LogP contribution is -2.42. The second-order valence-corrected chi connectivity index (χ2v) is 9.18. The van der Waals surface area contributed by atoms with Gasteiger partial charge in [-0.3, -0.25) is 0 Å². The van der Waals surface area contributed by atoms with Gasteiger partial charge in [0.1, 0.15) is 11.2 Å². The molecule has 0 unspecified atom stereocenters. The van der Waals surface area contributed by atoms with Crippen LogP contribution in [-0.2, 0) is 10.3 Å². The summed E-state index contributed by atoms with van der Waals surface area (Å²) >= 11 is 6.45. The van der Waals surface area contributed by atoms with Gasteiger partial charge in [-0.1, -0.05) is 25.4 Å². The molecule has 9 heteroatoms. The van der Waals surface area contributed by atoms with Crippen LogP contribution in [0.2, 0.25) is 5.02 Å². The number of pyridine rings is 1. The molecule has 166 valence electrons. The van der Waals surface area contributed by atoms with Crippen molar-refractivity contribution in [1.82, 2.24) is 19.4 Å². The largest absolute Gasteiger partial charge is 0.389 e. The van der Waals surface area contributed by atoms with Crippen LogP contribution in [0.25, 0.3) is 16.9 Å². The quantitative estimate of drug-likeness (QED) is 0.553. The van der Waals surface area contributed by atoms with Crippen LogP contribution in [0, 0.1) is 0 Å². The zero-order valence-electron chi connectivity index (χ0n) is 18.1. The van der Waals surface area contributed by atoms with Crippen LogP contribution in [0.4, 0.5) is 5.95 Å². The normalized spacial score (nSPS) is 19.9. The zero-order valence-corrected chi connectivity index (χ0v) is 18.9. The maximum atomic E-state index is 10.6. The average Bonchev–Trinajstić information content (AvgIpc) is 3.10. The van der Waals surface area contributed by atoms with Crippen molar-refractivity contribution in [2.75, 3.05) is 18.5 Å². The van der Waals surface area contributed by atoms with Gasteiger partial charge in [0.25, 0.3) is 0 Å². The van der Waals surface area contributed by atoms with Gasteiger partial charge in [-0.15, -0.1) is 0 Å². The Bertz CT molecular complexity index is 1090. The lowest BCUT2D eigenvalue weighted by Gasteiger charge is -2.28. The molecule has 4 rings (SSSR count). The number of halogens is 1. The van der Waals surface area contributed by atoms with Crippen LogP contribution >= 0.6 is 11.6 Å². The Morgan fingerprint density at radius 2 is 2.06 bits per heavy atom. The highest BCUT2D eigenvalue weighted by molar-refractivity contribution is 6.32. The van der Waals surface area contributed by atoms with Gasteiger partial charge in [-0.25, -0.2) is 15.0 Å². The summed E-state index contributed by atoms with van der Waals surface area (Å²) in [6.45, 7) is 8.50. The highest BCUT2D eigenvalue weighted by Crippen LogP contribution is 2.32. The van der Waals surface area contributed by atoms with Gasteiger partial charge in [0, 0.05) is 18.4 Å². The molecule has 0 bridgehead atoms. The summed E-state index contributed by atoms with van der Waals surface area (Å²) in [5.74, 6) is 0.553. The van der Waals surface area contributed by atoms with E-state index in [4.69, 9.17) is 16.3 Å². The van der Waals surface area contributed by atoms with Crippen molar-refractivity contribution in [1.29, 1.82) is 0 Å². The SMILES string of the molecule is CC(C)c1c(C(C)(C)O)nc2ccc(-c3nc(N[C@@H]4CCOC[C@H]4O)ncc3Cl)cn12. The first-order valence-electron chi connectivity index (χ1n) is 10.4. The number of nitrogens with zero attached hydrogens (tertiary/aromatic N) is 4. The second-order valence-electron chi connectivity index (χ2n) is 8.78. The van der Waals surface area contributed by atoms with E-state index in [1.165, 1.54) is 0 Å². The molecule has 3 aromatic heterocycles. The fourth-order valence-corrected chi connectivity index (χ4v) is 4.10. The third-order valence-corrected chi connectivity index (χ3v) is 5.72. The Balaban J connectivity index is 1.75. The smallest absolute Gasteiger partial charge is 0.223 e. The maximum absolute atomic E-state index is 10.6. The average molecular weight is 446 g/mol. The molecule has 1 fully saturated rings. The van der Waals surface area contributed by atoms with Gasteiger partial charge in [0.05, 0.1) is 47.1 Å². The maximum Gasteiger partial charge on any atom is 0.223 e. The van der Waals surface area contributed by atoms with Crippen LogP contribution in [-0.4, -0.2) is 54.9 Å². The summed E-state index contributed by atoms with van der Waals surface area (Å²) in [6.07, 6.45) is 3.55. The molecule has 31 heavy (non-hydrogen) atoms. The molecule has 8 nitrogen and oxygen atoms in total. The summed E-state index contributed by atoms with van der Waals surface area (Å²) < 4.78 is 7.27. The van der Waals surface area contributed by atoms with E-state index in [0.717, 1.165) is 16.9 Å². The van der Waals surface area contributed by atoms with Gasteiger partial charge in [0.2, 0.25) is 5.95 Å². The van der Waals surface area contributed by atoms with E-state index in [9.17, 15) is 10.2 Å². The Morgan fingerprint density at radius 3 is 2.74 bits per heavy atom. The van der Waals surface area contributed by atoms with E-state index in [0.29, 0.717) is 35.4 Å². The Hall–Kier alpha value is -2.26. The first kappa shape index (κ1) is 22.0. The van der Waals surface area contributed by atoms with Crippen molar-refractivity contribution in [3.63, 3.8) is 0 Å². The summed E-state index contributed by atoms with van der Waals surface area (Å²) in [5, 5.41) is 24.4. The minimum Gasteiger partial charge on any atom is -0.389 e. The number of rotatable bonds is 5. The van der Waals surface area contributed by atoms with Crippen LogP contribution in [0.3, 0.4) is 0 Å². The van der Waals surface area contributed by atoms with E-state index < -0.39 is 11.7 Å². The number of aliphatic hydroxyl groups is 2. The van der Waals surface area contributed by atoms with Crippen LogP contribution in [0.5, 0.6) is 0 Å². The molecule has 0 saturated carbocycles. The highest BCUT2D eigenvalue weighted by Gasteiger charge is 2.28. The van der Waals surface area contributed by atoms with Gasteiger partial charge in [-0.05, 0) is 38.3 Å². The summed E-state index contributed by atoms with van der Waals surface area (Å²) in [4.78, 5) is 13.6. The van der Waals surface area contributed by atoms with E-state index in [1.807, 2.05) is 22.7 Å². The predicted octanol–water partition coefficient (Wildman–Crippen LogP) is 3.36. The summed E-state index contributed by atoms with van der Waals surface area (Å²) in [7, 11) is 0. The van der Waals surface area contributed by atoms with Gasteiger partial charge >= 0.3 is 0 Å². The van der Waals surface area contributed by atoms with Gasteiger partial charge < -0.3 is 24.7 Å². The van der Waals surface area contributed by atoms with Crippen molar-refractivity contribution >= 4 is 23.2 Å². The topological polar surface area (TPSA) is 105 Å². The number of aliphatic hydroxyl groups excluding tert-OH is 1. The molecule has 0 spiro atoms. The van der Waals surface area contributed by atoms with Crippen molar-refractivity contribution in [2.24, 2.45) is 0 Å². The molecule has 1 aliphatic rings. The molecule has 4 heterocycles. The molecule has 0 amide bonds. The molecular weight excluding hydrogens is 418 g/mol. The van der Waals surface area contributed by atoms with Crippen molar-refractivity contribution < 1.29 is 14.9 Å².